The molecule has 0 amide bonds. The van der Waals surface area contributed by atoms with Crippen LogP contribution in [0.1, 0.15) is 48.6 Å². The predicted molar refractivity (Wildman–Crippen MR) is 245 cm³/mol. The Labute approximate surface area is 341 Å². The summed E-state index contributed by atoms with van der Waals surface area (Å²) < 4.78 is 0. The van der Waals surface area contributed by atoms with Gasteiger partial charge in [-0.3, -0.25) is 0 Å². The highest BCUT2D eigenvalue weighted by Crippen LogP contribution is 2.56. The van der Waals surface area contributed by atoms with E-state index in [1.54, 1.807) is 0 Å². The average molecular weight is 742 g/mol. The third kappa shape index (κ3) is 5.16. The van der Waals surface area contributed by atoms with Crippen LogP contribution < -0.4 is 4.90 Å². The van der Waals surface area contributed by atoms with Gasteiger partial charge in [0.1, 0.15) is 0 Å². The van der Waals surface area contributed by atoms with Gasteiger partial charge in [0.2, 0.25) is 0 Å². The standard InChI is InChI=1S/C57H43N/c1-56(2)54-36-42(57(3)52-22-11-9-19-48(52)49-20-10-12-23-53(49)57)28-34-50(54)51-35-33-45(37-55(51)56)58(43-29-24-39(25-30-43)38-14-5-4-6-15-38)44-31-26-41(27-32-44)47-21-13-17-40-16-7-8-18-46(40)47/h4-37H,1-3H3. The molecule has 0 atom stereocenters. The van der Waals surface area contributed by atoms with Crippen molar-refractivity contribution < 1.29 is 0 Å². The van der Waals surface area contributed by atoms with Crippen molar-refractivity contribution in [3.8, 4) is 44.5 Å². The molecular weight excluding hydrogens is 699 g/mol. The lowest BCUT2D eigenvalue weighted by Gasteiger charge is -2.31. The lowest BCUT2D eigenvalue weighted by atomic mass is 9.72. The topological polar surface area (TPSA) is 3.24 Å². The van der Waals surface area contributed by atoms with Crippen molar-refractivity contribution in [2.45, 2.75) is 31.6 Å². The van der Waals surface area contributed by atoms with E-state index >= 15 is 0 Å². The van der Waals surface area contributed by atoms with Crippen LogP contribution in [0.5, 0.6) is 0 Å². The molecule has 276 valence electrons. The van der Waals surface area contributed by atoms with Gasteiger partial charge >= 0.3 is 0 Å². The zero-order valence-corrected chi connectivity index (χ0v) is 33.1. The van der Waals surface area contributed by atoms with Crippen LogP contribution in [0.4, 0.5) is 17.1 Å². The predicted octanol–water partition coefficient (Wildman–Crippen LogP) is 15.3. The van der Waals surface area contributed by atoms with Crippen LogP contribution in [0.2, 0.25) is 0 Å². The lowest BCUT2D eigenvalue weighted by molar-refractivity contribution is 0.652. The summed E-state index contributed by atoms with van der Waals surface area (Å²) in [6, 6.07) is 76.3. The van der Waals surface area contributed by atoms with Crippen molar-refractivity contribution in [2.24, 2.45) is 0 Å². The summed E-state index contributed by atoms with van der Waals surface area (Å²) in [6.45, 7) is 7.23. The molecule has 0 bridgehead atoms. The van der Waals surface area contributed by atoms with Crippen LogP contribution in [-0.2, 0) is 10.8 Å². The van der Waals surface area contributed by atoms with Crippen molar-refractivity contribution in [2.75, 3.05) is 4.90 Å². The first kappa shape index (κ1) is 34.3. The molecular formula is C57H43N. The SMILES string of the molecule is CC1(C)c2cc(N(c3ccc(-c4ccccc4)cc3)c3ccc(-c4cccc5ccccc45)cc3)ccc2-c2ccc(C3(C)c4ccccc4-c4ccccc43)cc21. The molecule has 9 aromatic rings. The fraction of sp³-hybridized carbons (Fsp3) is 0.0877. The third-order valence-electron chi connectivity index (χ3n) is 13.2. The number of hydrogen-bond donors (Lipinski definition) is 0. The van der Waals surface area contributed by atoms with E-state index in [4.69, 9.17) is 0 Å². The van der Waals surface area contributed by atoms with Gasteiger partial charge in [-0.05, 0) is 126 Å². The second-order valence-corrected chi connectivity index (χ2v) is 16.7. The largest absolute Gasteiger partial charge is 0.310 e. The van der Waals surface area contributed by atoms with Gasteiger partial charge in [0.15, 0.2) is 0 Å². The maximum Gasteiger partial charge on any atom is 0.0465 e. The Balaban J connectivity index is 1.01. The Kier molecular flexibility index (Phi) is 7.72. The Morgan fingerprint density at radius 1 is 0.328 bits per heavy atom. The van der Waals surface area contributed by atoms with Gasteiger partial charge < -0.3 is 4.90 Å². The van der Waals surface area contributed by atoms with Crippen molar-refractivity contribution in [1.82, 2.24) is 0 Å². The average Bonchev–Trinajstić information content (AvgIpc) is 3.68. The van der Waals surface area contributed by atoms with E-state index in [2.05, 4.69) is 232 Å². The Bertz CT molecular complexity index is 2970. The maximum absolute atomic E-state index is 2.51. The highest BCUT2D eigenvalue weighted by molar-refractivity contribution is 5.97. The molecule has 1 nitrogen and oxygen atoms in total. The van der Waals surface area contributed by atoms with Crippen molar-refractivity contribution in [3.63, 3.8) is 0 Å². The summed E-state index contributed by atoms with van der Waals surface area (Å²) in [4.78, 5) is 2.42. The molecule has 0 fully saturated rings. The Morgan fingerprint density at radius 3 is 1.50 bits per heavy atom. The smallest absolute Gasteiger partial charge is 0.0465 e. The van der Waals surface area contributed by atoms with Gasteiger partial charge in [-0.25, -0.2) is 0 Å². The van der Waals surface area contributed by atoms with Crippen LogP contribution in [0.15, 0.2) is 206 Å². The van der Waals surface area contributed by atoms with E-state index in [0.717, 1.165) is 17.1 Å². The minimum absolute atomic E-state index is 0.203. The van der Waals surface area contributed by atoms with E-state index < -0.39 is 0 Å². The summed E-state index contributed by atoms with van der Waals surface area (Å²) >= 11 is 0. The fourth-order valence-electron chi connectivity index (χ4n) is 10.1. The monoisotopic (exact) mass is 741 g/mol. The summed E-state index contributed by atoms with van der Waals surface area (Å²) in [7, 11) is 0. The molecule has 2 aliphatic rings. The zero-order chi connectivity index (χ0) is 39.0. The van der Waals surface area contributed by atoms with Crippen molar-refractivity contribution in [1.29, 1.82) is 0 Å². The minimum Gasteiger partial charge on any atom is -0.310 e. The molecule has 11 rings (SSSR count). The number of nitrogens with zero attached hydrogens (tertiary/aromatic N) is 1. The van der Waals surface area contributed by atoms with Gasteiger partial charge in [0.25, 0.3) is 0 Å². The Hall–Kier alpha value is -6.96. The van der Waals surface area contributed by atoms with E-state index in [-0.39, 0.29) is 10.8 Å². The lowest BCUT2D eigenvalue weighted by Crippen LogP contribution is -2.24. The molecule has 0 aliphatic heterocycles. The molecule has 0 radical (unpaired) electrons. The van der Waals surface area contributed by atoms with Crippen LogP contribution in [0.25, 0.3) is 55.3 Å². The number of benzene rings is 9. The fourth-order valence-corrected chi connectivity index (χ4v) is 10.1. The molecule has 0 aromatic heterocycles. The van der Waals surface area contributed by atoms with Crippen LogP contribution in [-0.4, -0.2) is 0 Å². The van der Waals surface area contributed by atoms with Gasteiger partial charge in [-0.1, -0.05) is 184 Å². The van der Waals surface area contributed by atoms with E-state index in [9.17, 15) is 0 Å². The first-order valence-corrected chi connectivity index (χ1v) is 20.4. The second kappa shape index (κ2) is 13.0. The second-order valence-electron chi connectivity index (χ2n) is 16.7. The first-order valence-electron chi connectivity index (χ1n) is 20.4. The summed E-state index contributed by atoms with van der Waals surface area (Å²) in [5, 5.41) is 2.52. The minimum atomic E-state index is -0.237. The highest BCUT2D eigenvalue weighted by atomic mass is 15.1. The first-order chi connectivity index (χ1) is 28.4. The molecule has 0 unspecified atom stereocenters. The highest BCUT2D eigenvalue weighted by Gasteiger charge is 2.43. The molecule has 0 spiro atoms. The molecule has 58 heavy (non-hydrogen) atoms. The van der Waals surface area contributed by atoms with Gasteiger partial charge in [-0.2, -0.15) is 0 Å². The molecule has 0 N–H and O–H groups in total. The van der Waals surface area contributed by atoms with Crippen LogP contribution >= 0.6 is 0 Å². The summed E-state index contributed by atoms with van der Waals surface area (Å²) in [5.41, 5.74) is 20.0. The van der Waals surface area contributed by atoms with E-state index in [1.165, 1.54) is 83.1 Å². The Morgan fingerprint density at radius 2 is 0.810 bits per heavy atom. The number of fused-ring (bicyclic) bond motifs is 7. The summed E-state index contributed by atoms with van der Waals surface area (Å²) in [6.07, 6.45) is 0. The van der Waals surface area contributed by atoms with E-state index in [0.29, 0.717) is 0 Å². The van der Waals surface area contributed by atoms with E-state index in [1.807, 2.05) is 0 Å². The number of rotatable bonds is 6. The number of anilines is 3. The maximum atomic E-state index is 2.51. The van der Waals surface area contributed by atoms with Crippen LogP contribution in [0.3, 0.4) is 0 Å². The molecule has 1 heteroatoms. The molecule has 0 saturated heterocycles. The quantitative estimate of drug-likeness (QED) is 0.164. The zero-order valence-electron chi connectivity index (χ0n) is 33.1. The molecule has 0 heterocycles. The molecule has 2 aliphatic carbocycles. The van der Waals surface area contributed by atoms with Crippen molar-refractivity contribution >= 4 is 27.8 Å². The molecule has 0 saturated carbocycles. The van der Waals surface area contributed by atoms with Gasteiger partial charge in [0, 0.05) is 27.9 Å². The normalized spacial score (nSPS) is 14.1. The third-order valence-corrected chi connectivity index (χ3v) is 13.2. The van der Waals surface area contributed by atoms with Gasteiger partial charge in [-0.15, -0.1) is 0 Å². The summed E-state index contributed by atoms with van der Waals surface area (Å²) in [5.74, 6) is 0. The van der Waals surface area contributed by atoms with Gasteiger partial charge in [0.05, 0.1) is 0 Å². The van der Waals surface area contributed by atoms with Crippen molar-refractivity contribution in [3.05, 3.63) is 234 Å². The molecule has 9 aromatic carbocycles. The van der Waals surface area contributed by atoms with Crippen LogP contribution in [0, 0.1) is 0 Å². The number of hydrogen-bond acceptors (Lipinski definition) is 1.